The maximum Gasteiger partial charge on any atom is 0.256 e. The van der Waals surface area contributed by atoms with Gasteiger partial charge in [0.15, 0.2) is 11.6 Å². The van der Waals surface area contributed by atoms with Gasteiger partial charge in [0.25, 0.3) is 5.22 Å². The highest BCUT2D eigenvalue weighted by Crippen LogP contribution is 2.29. The predicted molar refractivity (Wildman–Crippen MR) is 92.1 cm³/mol. The van der Waals surface area contributed by atoms with E-state index in [4.69, 9.17) is 20.5 Å². The average Bonchev–Trinajstić information content (AvgIpc) is 3.17. The standard InChI is InChI=1S/C16H14ClN3O3S/c1-9-7-14(20-23-9)19-15(21)10(2)24-16-18-8-13(22-16)11-3-5-12(17)6-4-11/h3-8,10H,1-2H3,(H,19,20,21)/t10-/m1/s1. The second-order valence-electron chi connectivity index (χ2n) is 5.07. The first-order valence-corrected chi connectivity index (χ1v) is 8.39. The molecule has 3 rings (SSSR count). The molecule has 2 heterocycles. The van der Waals surface area contributed by atoms with E-state index in [1.807, 2.05) is 12.1 Å². The summed E-state index contributed by atoms with van der Waals surface area (Å²) in [6.45, 7) is 3.52. The van der Waals surface area contributed by atoms with Crippen LogP contribution in [0.1, 0.15) is 12.7 Å². The second kappa shape index (κ2) is 7.11. The molecular weight excluding hydrogens is 350 g/mol. The molecular formula is C16H14ClN3O3S. The molecule has 0 radical (unpaired) electrons. The van der Waals surface area contributed by atoms with E-state index in [0.717, 1.165) is 5.56 Å². The predicted octanol–water partition coefficient (Wildman–Crippen LogP) is 4.41. The van der Waals surface area contributed by atoms with Crippen LogP contribution in [0.5, 0.6) is 0 Å². The number of aromatic nitrogens is 2. The van der Waals surface area contributed by atoms with Crippen molar-refractivity contribution in [2.75, 3.05) is 5.32 Å². The molecule has 1 amide bonds. The molecule has 0 aliphatic heterocycles. The fraction of sp³-hybridized carbons (Fsp3) is 0.188. The molecule has 6 nitrogen and oxygen atoms in total. The summed E-state index contributed by atoms with van der Waals surface area (Å²) in [5.74, 6) is 1.43. The Balaban J connectivity index is 1.63. The third-order valence-electron chi connectivity index (χ3n) is 3.14. The fourth-order valence-corrected chi connectivity index (χ4v) is 2.76. The van der Waals surface area contributed by atoms with Gasteiger partial charge < -0.3 is 14.3 Å². The number of amides is 1. The van der Waals surface area contributed by atoms with E-state index in [-0.39, 0.29) is 5.91 Å². The first kappa shape index (κ1) is 16.6. The Bertz CT molecular complexity index is 844. The Morgan fingerprint density at radius 3 is 2.75 bits per heavy atom. The van der Waals surface area contributed by atoms with E-state index in [1.165, 1.54) is 11.8 Å². The molecule has 0 aliphatic rings. The van der Waals surface area contributed by atoms with E-state index in [1.54, 1.807) is 38.2 Å². The number of anilines is 1. The number of thioether (sulfide) groups is 1. The topological polar surface area (TPSA) is 81.2 Å². The molecule has 0 unspecified atom stereocenters. The maximum absolute atomic E-state index is 12.1. The van der Waals surface area contributed by atoms with Gasteiger partial charge in [-0.15, -0.1) is 0 Å². The molecule has 0 fully saturated rings. The normalized spacial score (nSPS) is 12.1. The summed E-state index contributed by atoms with van der Waals surface area (Å²) < 4.78 is 10.6. The van der Waals surface area contributed by atoms with E-state index >= 15 is 0 Å². The lowest BCUT2D eigenvalue weighted by Gasteiger charge is -2.07. The number of benzene rings is 1. The number of hydrogen-bond acceptors (Lipinski definition) is 6. The Hall–Kier alpha value is -2.25. The lowest BCUT2D eigenvalue weighted by Crippen LogP contribution is -2.22. The fourth-order valence-electron chi connectivity index (χ4n) is 1.92. The van der Waals surface area contributed by atoms with E-state index in [2.05, 4.69) is 15.5 Å². The highest BCUT2D eigenvalue weighted by molar-refractivity contribution is 8.00. The number of nitrogens with one attached hydrogen (secondary N) is 1. The van der Waals surface area contributed by atoms with Crippen LogP contribution < -0.4 is 5.32 Å². The van der Waals surface area contributed by atoms with Crippen molar-refractivity contribution in [3.63, 3.8) is 0 Å². The molecule has 1 atom stereocenters. The highest BCUT2D eigenvalue weighted by atomic mass is 35.5. The first-order valence-electron chi connectivity index (χ1n) is 7.14. The number of hydrogen-bond donors (Lipinski definition) is 1. The van der Waals surface area contributed by atoms with Crippen LogP contribution in [-0.2, 0) is 4.79 Å². The van der Waals surface area contributed by atoms with Crippen LogP contribution in [0.4, 0.5) is 5.82 Å². The molecule has 0 bridgehead atoms. The summed E-state index contributed by atoms with van der Waals surface area (Å²) in [5.41, 5.74) is 0.869. The van der Waals surface area contributed by atoms with Crippen LogP contribution in [0.15, 0.2) is 50.7 Å². The van der Waals surface area contributed by atoms with Crippen molar-refractivity contribution in [3.05, 3.63) is 47.3 Å². The van der Waals surface area contributed by atoms with Crippen LogP contribution in [0.2, 0.25) is 5.02 Å². The van der Waals surface area contributed by atoms with Crippen molar-refractivity contribution in [2.45, 2.75) is 24.3 Å². The molecule has 0 saturated heterocycles. The van der Waals surface area contributed by atoms with Crippen LogP contribution in [0, 0.1) is 6.92 Å². The molecule has 0 spiro atoms. The lowest BCUT2D eigenvalue weighted by molar-refractivity contribution is -0.115. The van der Waals surface area contributed by atoms with Gasteiger partial charge in [-0.1, -0.05) is 28.5 Å². The van der Waals surface area contributed by atoms with Gasteiger partial charge in [-0.25, -0.2) is 4.98 Å². The van der Waals surface area contributed by atoms with Gasteiger partial charge in [0, 0.05) is 16.7 Å². The minimum atomic E-state index is -0.404. The summed E-state index contributed by atoms with van der Waals surface area (Å²) in [7, 11) is 0. The number of carbonyl (C=O) groups excluding carboxylic acids is 1. The lowest BCUT2D eigenvalue weighted by atomic mass is 10.2. The average molecular weight is 364 g/mol. The molecule has 24 heavy (non-hydrogen) atoms. The highest BCUT2D eigenvalue weighted by Gasteiger charge is 2.19. The first-order chi connectivity index (χ1) is 11.5. The number of nitrogens with zero attached hydrogens (tertiary/aromatic N) is 2. The Morgan fingerprint density at radius 2 is 2.08 bits per heavy atom. The summed E-state index contributed by atoms with van der Waals surface area (Å²) in [5, 5.41) is 7.07. The van der Waals surface area contributed by atoms with Crippen LogP contribution in [0.3, 0.4) is 0 Å². The number of aryl methyl sites for hydroxylation is 1. The third-order valence-corrected chi connectivity index (χ3v) is 4.35. The van der Waals surface area contributed by atoms with Crippen molar-refractivity contribution in [1.29, 1.82) is 0 Å². The molecule has 0 saturated carbocycles. The Morgan fingerprint density at radius 1 is 1.33 bits per heavy atom. The maximum atomic E-state index is 12.1. The summed E-state index contributed by atoms with van der Waals surface area (Å²) >= 11 is 7.09. The molecule has 1 N–H and O–H groups in total. The van der Waals surface area contributed by atoms with Crippen molar-refractivity contribution < 1.29 is 13.7 Å². The molecule has 0 aliphatic carbocycles. The molecule has 3 aromatic rings. The SMILES string of the molecule is Cc1cc(NC(=O)[C@@H](C)Sc2ncc(-c3ccc(Cl)cc3)o2)no1. The quantitative estimate of drug-likeness (QED) is 0.676. The van der Waals surface area contributed by atoms with Gasteiger partial charge in [0.05, 0.1) is 11.4 Å². The molecule has 8 heteroatoms. The molecule has 124 valence electrons. The van der Waals surface area contributed by atoms with E-state index in [9.17, 15) is 4.79 Å². The van der Waals surface area contributed by atoms with Gasteiger partial charge in [-0.2, -0.15) is 0 Å². The number of rotatable bonds is 5. The third kappa shape index (κ3) is 3.98. The van der Waals surface area contributed by atoms with Gasteiger partial charge >= 0.3 is 0 Å². The van der Waals surface area contributed by atoms with E-state index in [0.29, 0.717) is 27.6 Å². The van der Waals surface area contributed by atoms with Crippen molar-refractivity contribution in [2.24, 2.45) is 0 Å². The smallest absolute Gasteiger partial charge is 0.256 e. The molecule has 1 aromatic carbocycles. The van der Waals surface area contributed by atoms with Gasteiger partial charge in [-0.05, 0) is 38.1 Å². The summed E-state index contributed by atoms with van der Waals surface area (Å²) in [6, 6.07) is 8.91. The van der Waals surface area contributed by atoms with Crippen LogP contribution >= 0.6 is 23.4 Å². The van der Waals surface area contributed by atoms with Crippen molar-refractivity contribution >= 4 is 35.1 Å². The summed E-state index contributed by atoms with van der Waals surface area (Å²) in [6.07, 6.45) is 1.62. The zero-order valence-electron chi connectivity index (χ0n) is 12.9. The summed E-state index contributed by atoms with van der Waals surface area (Å²) in [4.78, 5) is 16.3. The number of oxazole rings is 1. The molecule has 2 aromatic heterocycles. The Labute approximate surface area is 147 Å². The minimum absolute atomic E-state index is 0.209. The zero-order chi connectivity index (χ0) is 17.1. The van der Waals surface area contributed by atoms with Gasteiger partial charge in [-0.3, -0.25) is 4.79 Å². The largest absolute Gasteiger partial charge is 0.431 e. The van der Waals surface area contributed by atoms with E-state index < -0.39 is 5.25 Å². The van der Waals surface area contributed by atoms with Crippen molar-refractivity contribution in [1.82, 2.24) is 10.1 Å². The van der Waals surface area contributed by atoms with Crippen molar-refractivity contribution in [3.8, 4) is 11.3 Å². The van der Waals surface area contributed by atoms with Crippen LogP contribution in [-0.4, -0.2) is 21.3 Å². The monoisotopic (exact) mass is 363 g/mol. The zero-order valence-corrected chi connectivity index (χ0v) is 14.5. The number of halogens is 1. The van der Waals surface area contributed by atoms with Crippen LogP contribution in [0.25, 0.3) is 11.3 Å². The minimum Gasteiger partial charge on any atom is -0.431 e. The second-order valence-corrected chi connectivity index (χ2v) is 6.80. The van der Waals surface area contributed by atoms with Gasteiger partial charge in [0.1, 0.15) is 5.76 Å². The Kier molecular flexibility index (Phi) is 4.92. The number of carbonyl (C=O) groups is 1. The van der Waals surface area contributed by atoms with Gasteiger partial charge in [0.2, 0.25) is 5.91 Å².